The Balaban J connectivity index is 1.81. The molecular formula is C14H13Cl2NO4. The maximum atomic E-state index is 11.7. The molecule has 0 aliphatic heterocycles. The first kappa shape index (κ1) is 15.7. The zero-order chi connectivity index (χ0) is 15.4. The summed E-state index contributed by atoms with van der Waals surface area (Å²) >= 11 is 11.7. The average molecular weight is 330 g/mol. The van der Waals surface area contributed by atoms with Gasteiger partial charge in [0, 0.05) is 11.1 Å². The molecule has 2 atom stereocenters. The molecule has 2 unspecified atom stereocenters. The van der Waals surface area contributed by atoms with Crippen molar-refractivity contribution in [2.75, 3.05) is 6.61 Å². The lowest BCUT2D eigenvalue weighted by atomic mass is 10.1. The summed E-state index contributed by atoms with van der Waals surface area (Å²) in [5.74, 6) is -1.43. The van der Waals surface area contributed by atoms with Gasteiger partial charge in [-0.05, 0) is 24.6 Å². The monoisotopic (exact) mass is 329 g/mol. The fraction of sp³-hybridized carbons (Fsp3) is 0.286. The number of carboxylic acids is 1. The first-order valence-corrected chi connectivity index (χ1v) is 6.99. The Morgan fingerprint density at radius 2 is 2.10 bits per heavy atom. The summed E-state index contributed by atoms with van der Waals surface area (Å²) in [4.78, 5) is 22.5. The quantitative estimate of drug-likeness (QED) is 0.814. The van der Waals surface area contributed by atoms with E-state index in [1.807, 2.05) is 0 Å². The molecule has 112 valence electrons. The minimum absolute atomic E-state index is 0.205. The van der Waals surface area contributed by atoms with Crippen LogP contribution in [-0.4, -0.2) is 29.6 Å². The molecule has 7 heteroatoms. The molecule has 0 spiro atoms. The second kappa shape index (κ2) is 6.83. The number of ether oxygens (including phenoxy) is 1. The molecule has 1 aliphatic rings. The molecule has 0 saturated carbocycles. The van der Waals surface area contributed by atoms with Gasteiger partial charge >= 0.3 is 5.97 Å². The predicted molar refractivity (Wildman–Crippen MR) is 78.8 cm³/mol. The third-order valence-electron chi connectivity index (χ3n) is 3.00. The number of carbonyl (C=O) groups is 2. The SMILES string of the molecule is O=C(COc1ccc(Cl)cc1Cl)NC1C=CC(C(=O)O)C1. The van der Waals surface area contributed by atoms with Gasteiger partial charge in [-0.25, -0.2) is 0 Å². The fourth-order valence-corrected chi connectivity index (χ4v) is 2.44. The van der Waals surface area contributed by atoms with E-state index in [9.17, 15) is 9.59 Å². The molecule has 0 radical (unpaired) electrons. The maximum absolute atomic E-state index is 11.7. The number of halogens is 2. The first-order chi connectivity index (χ1) is 9.95. The van der Waals surface area contributed by atoms with E-state index in [1.165, 1.54) is 6.07 Å². The third-order valence-corrected chi connectivity index (χ3v) is 3.53. The number of rotatable bonds is 5. The highest BCUT2D eigenvalue weighted by Crippen LogP contribution is 2.27. The van der Waals surface area contributed by atoms with Crippen molar-refractivity contribution in [3.8, 4) is 5.75 Å². The van der Waals surface area contributed by atoms with Crippen molar-refractivity contribution >= 4 is 35.1 Å². The van der Waals surface area contributed by atoms with Gasteiger partial charge in [-0.3, -0.25) is 9.59 Å². The lowest BCUT2D eigenvalue weighted by Gasteiger charge is -2.13. The van der Waals surface area contributed by atoms with Gasteiger partial charge in [-0.15, -0.1) is 0 Å². The zero-order valence-electron chi connectivity index (χ0n) is 10.9. The van der Waals surface area contributed by atoms with Crippen LogP contribution in [0.25, 0.3) is 0 Å². The first-order valence-electron chi connectivity index (χ1n) is 6.24. The van der Waals surface area contributed by atoms with E-state index in [0.717, 1.165) is 0 Å². The molecule has 0 aromatic heterocycles. The summed E-state index contributed by atoms with van der Waals surface area (Å²) in [6.45, 7) is -0.205. The Bertz CT molecular complexity index is 588. The fourth-order valence-electron chi connectivity index (χ4n) is 1.97. The zero-order valence-corrected chi connectivity index (χ0v) is 12.4. The Morgan fingerprint density at radius 3 is 2.71 bits per heavy atom. The van der Waals surface area contributed by atoms with Crippen LogP contribution in [0.15, 0.2) is 30.4 Å². The molecule has 0 fully saturated rings. The number of benzene rings is 1. The topological polar surface area (TPSA) is 75.6 Å². The van der Waals surface area contributed by atoms with Crippen molar-refractivity contribution in [1.29, 1.82) is 0 Å². The maximum Gasteiger partial charge on any atom is 0.310 e. The molecule has 21 heavy (non-hydrogen) atoms. The summed E-state index contributed by atoms with van der Waals surface area (Å²) in [5, 5.41) is 12.3. The molecule has 1 aliphatic carbocycles. The minimum Gasteiger partial charge on any atom is -0.482 e. The number of hydrogen-bond acceptors (Lipinski definition) is 3. The molecule has 0 heterocycles. The van der Waals surface area contributed by atoms with E-state index in [-0.39, 0.29) is 18.6 Å². The van der Waals surface area contributed by atoms with Gasteiger partial charge in [0.2, 0.25) is 0 Å². The van der Waals surface area contributed by atoms with Crippen molar-refractivity contribution in [2.24, 2.45) is 5.92 Å². The third kappa shape index (κ3) is 4.37. The summed E-state index contributed by atoms with van der Waals surface area (Å²) in [6, 6.07) is 4.42. The summed E-state index contributed by atoms with van der Waals surface area (Å²) in [5.41, 5.74) is 0. The normalized spacial score (nSPS) is 20.3. The number of carboxylic acid groups (broad SMARTS) is 1. The average Bonchev–Trinajstić information content (AvgIpc) is 2.86. The molecular weight excluding hydrogens is 317 g/mol. The number of hydrogen-bond donors (Lipinski definition) is 2. The highest BCUT2D eigenvalue weighted by atomic mass is 35.5. The van der Waals surface area contributed by atoms with E-state index < -0.39 is 11.9 Å². The van der Waals surface area contributed by atoms with Crippen molar-refractivity contribution < 1.29 is 19.4 Å². The van der Waals surface area contributed by atoms with Crippen molar-refractivity contribution in [3.05, 3.63) is 40.4 Å². The van der Waals surface area contributed by atoms with Crippen molar-refractivity contribution in [1.82, 2.24) is 5.32 Å². The van der Waals surface area contributed by atoms with Crippen LogP contribution in [0.3, 0.4) is 0 Å². The Hall–Kier alpha value is -1.72. The highest BCUT2D eigenvalue weighted by molar-refractivity contribution is 6.35. The minimum atomic E-state index is -0.896. The Kier molecular flexibility index (Phi) is 5.09. The van der Waals surface area contributed by atoms with E-state index in [4.69, 9.17) is 33.0 Å². The molecule has 2 N–H and O–H groups in total. The number of amides is 1. The van der Waals surface area contributed by atoms with Crippen LogP contribution >= 0.6 is 23.2 Å². The molecule has 1 amide bonds. The van der Waals surface area contributed by atoms with Crippen molar-refractivity contribution in [3.63, 3.8) is 0 Å². The van der Waals surface area contributed by atoms with Gasteiger partial charge in [0.05, 0.1) is 10.9 Å². The lowest BCUT2D eigenvalue weighted by molar-refractivity contribution is -0.140. The van der Waals surface area contributed by atoms with Crippen LogP contribution in [0.4, 0.5) is 0 Å². The molecule has 2 rings (SSSR count). The van der Waals surface area contributed by atoms with Gasteiger partial charge in [-0.2, -0.15) is 0 Å². The van der Waals surface area contributed by atoms with E-state index in [1.54, 1.807) is 24.3 Å². The van der Waals surface area contributed by atoms with Crippen LogP contribution in [0.1, 0.15) is 6.42 Å². The summed E-state index contributed by atoms with van der Waals surface area (Å²) < 4.78 is 5.30. The second-order valence-electron chi connectivity index (χ2n) is 4.60. The summed E-state index contributed by atoms with van der Waals surface area (Å²) in [7, 11) is 0. The molecule has 1 aromatic carbocycles. The summed E-state index contributed by atoms with van der Waals surface area (Å²) in [6.07, 6.45) is 3.60. The van der Waals surface area contributed by atoms with Crippen LogP contribution in [0.2, 0.25) is 10.0 Å². The van der Waals surface area contributed by atoms with E-state index in [2.05, 4.69) is 5.32 Å². The van der Waals surface area contributed by atoms with Gasteiger partial charge in [-0.1, -0.05) is 35.4 Å². The molecule has 0 bridgehead atoms. The van der Waals surface area contributed by atoms with Crippen LogP contribution in [0, 0.1) is 5.92 Å². The smallest absolute Gasteiger partial charge is 0.310 e. The predicted octanol–water partition coefficient (Wildman–Crippen LogP) is 2.52. The van der Waals surface area contributed by atoms with Gasteiger partial charge in [0.1, 0.15) is 5.75 Å². The highest BCUT2D eigenvalue weighted by Gasteiger charge is 2.25. The molecule has 1 aromatic rings. The van der Waals surface area contributed by atoms with Crippen LogP contribution < -0.4 is 10.1 Å². The van der Waals surface area contributed by atoms with Crippen LogP contribution in [0.5, 0.6) is 5.75 Å². The van der Waals surface area contributed by atoms with E-state index in [0.29, 0.717) is 22.2 Å². The molecule has 5 nitrogen and oxygen atoms in total. The Morgan fingerprint density at radius 1 is 1.33 bits per heavy atom. The lowest BCUT2D eigenvalue weighted by Crippen LogP contribution is -2.36. The number of aliphatic carboxylic acids is 1. The van der Waals surface area contributed by atoms with Gasteiger partial charge < -0.3 is 15.2 Å². The largest absolute Gasteiger partial charge is 0.482 e. The van der Waals surface area contributed by atoms with Gasteiger partial charge in [0.25, 0.3) is 5.91 Å². The standard InChI is InChI=1S/C14H13Cl2NO4/c15-9-2-4-12(11(16)6-9)21-7-13(18)17-10-3-1-8(5-10)14(19)20/h1-4,6,8,10H,5,7H2,(H,17,18)(H,19,20). The number of carbonyl (C=O) groups excluding carboxylic acids is 1. The number of nitrogens with one attached hydrogen (secondary N) is 1. The van der Waals surface area contributed by atoms with Crippen LogP contribution in [-0.2, 0) is 9.59 Å². The van der Waals surface area contributed by atoms with Gasteiger partial charge in [0.15, 0.2) is 6.61 Å². The van der Waals surface area contributed by atoms with Crippen molar-refractivity contribution in [2.45, 2.75) is 12.5 Å². The molecule has 0 saturated heterocycles. The second-order valence-corrected chi connectivity index (χ2v) is 5.45. The van der Waals surface area contributed by atoms with E-state index >= 15 is 0 Å². The Labute approximate surface area is 131 Å².